The molecule has 0 saturated heterocycles. The first-order valence-corrected chi connectivity index (χ1v) is 8.63. The Bertz CT molecular complexity index is 999. The van der Waals surface area contributed by atoms with Crippen LogP contribution in [-0.2, 0) is 0 Å². The Morgan fingerprint density at radius 1 is 0.607 bits per heavy atom. The lowest BCUT2D eigenvalue weighted by Gasteiger charge is -2.07. The molecule has 2 N–H and O–H groups in total. The first-order valence-electron chi connectivity index (χ1n) is 8.63. The van der Waals surface area contributed by atoms with Gasteiger partial charge in [-0.3, -0.25) is 4.79 Å². The van der Waals surface area contributed by atoms with Gasteiger partial charge in [-0.2, -0.15) is 0 Å². The topological polar surface area (TPSA) is 92.7 Å². The predicted octanol–water partition coefficient (Wildman–Crippen LogP) is 3.98. The summed E-state index contributed by atoms with van der Waals surface area (Å²) < 4.78 is 0. The third-order valence-corrected chi connectivity index (χ3v) is 3.84. The van der Waals surface area contributed by atoms with Gasteiger partial charge in [0.2, 0.25) is 17.7 Å². The number of hydrogen-bond acceptors (Lipinski definition) is 7. The lowest BCUT2D eigenvalue weighted by molar-refractivity contribution is 0.102. The van der Waals surface area contributed by atoms with Gasteiger partial charge in [-0.15, -0.1) is 0 Å². The summed E-state index contributed by atoms with van der Waals surface area (Å²) in [5, 5.41) is 6.15. The van der Waals surface area contributed by atoms with E-state index in [4.69, 9.17) is 0 Å². The number of hydrogen-bond donors (Lipinski definition) is 2. The van der Waals surface area contributed by atoms with Gasteiger partial charge in [-0.1, -0.05) is 36.4 Å². The second-order valence-corrected chi connectivity index (χ2v) is 5.84. The van der Waals surface area contributed by atoms with Gasteiger partial charge in [0.1, 0.15) is 11.4 Å². The zero-order valence-corrected chi connectivity index (χ0v) is 14.8. The maximum Gasteiger partial charge on any atom is 0.230 e. The van der Waals surface area contributed by atoms with Gasteiger partial charge in [0.25, 0.3) is 0 Å². The third-order valence-electron chi connectivity index (χ3n) is 3.84. The first-order chi connectivity index (χ1) is 13.8. The SMILES string of the molecule is O=C(c1ccnc(Nc2ccccc2)n1)c1ccnc(Nc2ccccc2)n1. The molecule has 136 valence electrons. The summed E-state index contributed by atoms with van der Waals surface area (Å²) in [5.74, 6) is 0.375. The molecule has 2 aromatic carbocycles. The van der Waals surface area contributed by atoms with Crippen LogP contribution < -0.4 is 10.6 Å². The van der Waals surface area contributed by atoms with Crippen molar-refractivity contribution < 1.29 is 4.79 Å². The molecular weight excluding hydrogens is 352 g/mol. The minimum Gasteiger partial charge on any atom is -0.324 e. The molecule has 0 unspecified atom stereocenters. The van der Waals surface area contributed by atoms with Crippen LogP contribution in [0.1, 0.15) is 16.2 Å². The van der Waals surface area contributed by atoms with Crippen LogP contribution in [0.5, 0.6) is 0 Å². The second-order valence-electron chi connectivity index (χ2n) is 5.84. The molecule has 2 aromatic heterocycles. The minimum atomic E-state index is -0.308. The Labute approximate surface area is 161 Å². The van der Waals surface area contributed by atoms with Crippen LogP contribution in [0.3, 0.4) is 0 Å². The molecule has 7 heteroatoms. The van der Waals surface area contributed by atoms with E-state index >= 15 is 0 Å². The quantitative estimate of drug-likeness (QED) is 0.497. The van der Waals surface area contributed by atoms with Crippen molar-refractivity contribution in [3.63, 3.8) is 0 Å². The number of rotatable bonds is 6. The molecule has 0 atom stereocenters. The average molecular weight is 368 g/mol. The standard InChI is InChI=1S/C21H16N6O/c28-19(17-11-13-22-20(26-17)24-15-7-3-1-4-8-15)18-12-14-23-21(27-18)25-16-9-5-2-6-10-16/h1-14H,(H,22,24,26)(H,23,25,27). The van der Waals surface area contributed by atoms with Gasteiger partial charge in [-0.25, -0.2) is 19.9 Å². The van der Waals surface area contributed by atoms with E-state index < -0.39 is 0 Å². The summed E-state index contributed by atoms with van der Waals surface area (Å²) in [5.41, 5.74) is 2.17. The number of carbonyl (C=O) groups is 1. The van der Waals surface area contributed by atoms with E-state index in [9.17, 15) is 4.79 Å². The van der Waals surface area contributed by atoms with Gasteiger partial charge >= 0.3 is 0 Å². The number of nitrogens with one attached hydrogen (secondary N) is 2. The molecule has 0 saturated carbocycles. The highest BCUT2D eigenvalue weighted by molar-refractivity contribution is 6.06. The molecule has 0 aliphatic carbocycles. The smallest absolute Gasteiger partial charge is 0.230 e. The van der Waals surface area contributed by atoms with Gasteiger partial charge in [0, 0.05) is 23.8 Å². The number of ketones is 1. The molecule has 4 rings (SSSR count). The highest BCUT2D eigenvalue weighted by Gasteiger charge is 2.14. The maximum absolute atomic E-state index is 12.8. The monoisotopic (exact) mass is 368 g/mol. The number of aromatic nitrogens is 4. The summed E-state index contributed by atoms with van der Waals surface area (Å²) in [6, 6.07) is 22.1. The fourth-order valence-corrected chi connectivity index (χ4v) is 2.52. The Hall–Kier alpha value is -4.13. The van der Waals surface area contributed by atoms with Crippen molar-refractivity contribution in [2.75, 3.05) is 10.6 Å². The fraction of sp³-hybridized carbons (Fsp3) is 0. The Morgan fingerprint density at radius 3 is 1.46 bits per heavy atom. The largest absolute Gasteiger partial charge is 0.324 e. The van der Waals surface area contributed by atoms with Crippen LogP contribution in [0, 0.1) is 0 Å². The normalized spacial score (nSPS) is 10.3. The fourth-order valence-electron chi connectivity index (χ4n) is 2.52. The molecule has 4 aromatic rings. The van der Waals surface area contributed by atoms with E-state index in [1.54, 1.807) is 12.1 Å². The summed E-state index contributed by atoms with van der Waals surface area (Å²) in [4.78, 5) is 29.8. The number of carbonyl (C=O) groups excluding carboxylic acids is 1. The van der Waals surface area contributed by atoms with E-state index in [0.29, 0.717) is 11.9 Å². The van der Waals surface area contributed by atoms with Crippen molar-refractivity contribution in [1.29, 1.82) is 0 Å². The van der Waals surface area contributed by atoms with Crippen molar-refractivity contribution in [3.05, 3.63) is 96.6 Å². The van der Waals surface area contributed by atoms with Crippen molar-refractivity contribution in [2.45, 2.75) is 0 Å². The molecule has 28 heavy (non-hydrogen) atoms. The Balaban J connectivity index is 1.54. The number of nitrogens with zero attached hydrogens (tertiary/aromatic N) is 4. The maximum atomic E-state index is 12.8. The van der Waals surface area contributed by atoms with Crippen molar-refractivity contribution in [1.82, 2.24) is 19.9 Å². The third kappa shape index (κ3) is 4.16. The number of benzene rings is 2. The summed E-state index contributed by atoms with van der Waals surface area (Å²) in [6.45, 7) is 0. The van der Waals surface area contributed by atoms with Crippen LogP contribution in [0.2, 0.25) is 0 Å². The Morgan fingerprint density at radius 2 is 1.04 bits per heavy atom. The van der Waals surface area contributed by atoms with Crippen LogP contribution >= 0.6 is 0 Å². The van der Waals surface area contributed by atoms with Crippen molar-refractivity contribution in [2.24, 2.45) is 0 Å². The molecule has 7 nitrogen and oxygen atoms in total. The molecule has 0 radical (unpaired) electrons. The van der Waals surface area contributed by atoms with E-state index in [0.717, 1.165) is 11.4 Å². The number of anilines is 4. The lowest BCUT2D eigenvalue weighted by Crippen LogP contribution is -2.10. The number of para-hydroxylation sites is 2. The van der Waals surface area contributed by atoms with Crippen LogP contribution in [0.4, 0.5) is 23.3 Å². The van der Waals surface area contributed by atoms with Gasteiger partial charge in [0.15, 0.2) is 0 Å². The van der Waals surface area contributed by atoms with Crippen LogP contribution in [0.15, 0.2) is 85.2 Å². The molecular formula is C21H16N6O. The second kappa shape index (κ2) is 8.05. The zero-order valence-electron chi connectivity index (χ0n) is 14.8. The predicted molar refractivity (Wildman–Crippen MR) is 107 cm³/mol. The molecule has 0 bridgehead atoms. The summed E-state index contributed by atoms with van der Waals surface area (Å²) in [7, 11) is 0. The molecule has 0 aliphatic rings. The van der Waals surface area contributed by atoms with Crippen molar-refractivity contribution in [3.8, 4) is 0 Å². The summed E-state index contributed by atoms with van der Waals surface area (Å²) >= 11 is 0. The molecule has 0 spiro atoms. The van der Waals surface area contributed by atoms with Crippen molar-refractivity contribution >= 4 is 29.1 Å². The molecule has 0 fully saturated rings. The van der Waals surface area contributed by atoms with E-state index in [-0.39, 0.29) is 17.2 Å². The van der Waals surface area contributed by atoms with Gasteiger partial charge in [0.05, 0.1) is 0 Å². The molecule has 2 heterocycles. The highest BCUT2D eigenvalue weighted by Crippen LogP contribution is 2.15. The van der Waals surface area contributed by atoms with Crippen LogP contribution in [-0.4, -0.2) is 25.7 Å². The first kappa shape index (κ1) is 17.3. The molecule has 0 aliphatic heterocycles. The van der Waals surface area contributed by atoms with Crippen LogP contribution in [0.25, 0.3) is 0 Å². The molecule has 0 amide bonds. The zero-order chi connectivity index (χ0) is 19.2. The lowest BCUT2D eigenvalue weighted by atomic mass is 10.2. The van der Waals surface area contributed by atoms with Gasteiger partial charge in [-0.05, 0) is 36.4 Å². The van der Waals surface area contributed by atoms with E-state index in [1.165, 1.54) is 12.4 Å². The minimum absolute atomic E-state index is 0.248. The highest BCUT2D eigenvalue weighted by atomic mass is 16.1. The van der Waals surface area contributed by atoms with E-state index in [1.807, 2.05) is 60.7 Å². The average Bonchev–Trinajstić information content (AvgIpc) is 2.75. The Kier molecular flexibility index (Phi) is 4.97. The summed E-state index contributed by atoms with van der Waals surface area (Å²) in [6.07, 6.45) is 3.08. The van der Waals surface area contributed by atoms with E-state index in [2.05, 4.69) is 30.6 Å². The van der Waals surface area contributed by atoms with Gasteiger partial charge < -0.3 is 10.6 Å².